The second-order valence-electron chi connectivity index (χ2n) is 5.88. The van der Waals surface area contributed by atoms with Crippen molar-refractivity contribution in [2.24, 2.45) is 0 Å². The van der Waals surface area contributed by atoms with Crippen LogP contribution >= 0.6 is 0 Å². The summed E-state index contributed by atoms with van der Waals surface area (Å²) in [5.74, 6) is 0.901. The molecule has 1 aliphatic heterocycles. The molecule has 24 heavy (non-hydrogen) atoms. The van der Waals surface area contributed by atoms with Crippen molar-refractivity contribution in [3.05, 3.63) is 59.9 Å². The monoisotopic (exact) mass is 325 g/mol. The van der Waals surface area contributed by atoms with Crippen molar-refractivity contribution in [1.82, 2.24) is 14.8 Å². The molecule has 0 bridgehead atoms. The van der Waals surface area contributed by atoms with Crippen molar-refractivity contribution in [2.75, 3.05) is 32.8 Å². The zero-order valence-corrected chi connectivity index (χ0v) is 14.0. The van der Waals surface area contributed by atoms with E-state index in [1.165, 1.54) is 5.56 Å². The van der Waals surface area contributed by atoms with E-state index in [9.17, 15) is 4.79 Å². The number of amides is 1. The van der Waals surface area contributed by atoms with E-state index in [0.29, 0.717) is 6.61 Å². The lowest BCUT2D eigenvalue weighted by Gasteiger charge is -2.34. The van der Waals surface area contributed by atoms with Gasteiger partial charge in [0.25, 0.3) is 5.91 Å². The van der Waals surface area contributed by atoms with Gasteiger partial charge in [0.05, 0.1) is 6.61 Å². The molecule has 5 nitrogen and oxygen atoms in total. The fraction of sp³-hybridized carbons (Fsp3) is 0.368. The highest BCUT2D eigenvalue weighted by atomic mass is 16.5. The third-order valence-corrected chi connectivity index (χ3v) is 4.23. The minimum atomic E-state index is 0.0987. The average molecular weight is 325 g/mol. The molecule has 0 spiro atoms. The second kappa shape index (κ2) is 7.93. The highest BCUT2D eigenvalue weighted by Crippen LogP contribution is 2.15. The molecular weight excluding hydrogens is 302 g/mol. The smallest absolute Gasteiger partial charge is 0.253 e. The summed E-state index contributed by atoms with van der Waals surface area (Å²) in [5.41, 5.74) is 1.98. The van der Waals surface area contributed by atoms with Gasteiger partial charge >= 0.3 is 0 Å². The van der Waals surface area contributed by atoms with Crippen LogP contribution in [0.25, 0.3) is 0 Å². The number of carbonyl (C=O) groups is 1. The van der Waals surface area contributed by atoms with Gasteiger partial charge < -0.3 is 9.64 Å². The molecule has 0 N–H and O–H groups in total. The second-order valence-corrected chi connectivity index (χ2v) is 5.88. The molecule has 126 valence electrons. The minimum absolute atomic E-state index is 0.0987. The van der Waals surface area contributed by atoms with E-state index in [4.69, 9.17) is 4.74 Å². The zero-order chi connectivity index (χ0) is 16.8. The number of nitrogens with zero attached hydrogens (tertiary/aromatic N) is 3. The molecule has 1 amide bonds. The van der Waals surface area contributed by atoms with Gasteiger partial charge in [-0.2, -0.15) is 0 Å². The van der Waals surface area contributed by atoms with E-state index in [1.54, 1.807) is 0 Å². The maximum atomic E-state index is 12.6. The van der Waals surface area contributed by atoms with E-state index in [-0.39, 0.29) is 5.91 Å². The molecule has 3 rings (SSSR count). The first-order valence-electron chi connectivity index (χ1n) is 8.39. The lowest BCUT2D eigenvalue weighted by Crippen LogP contribution is -2.48. The number of pyridine rings is 1. The first-order valence-corrected chi connectivity index (χ1v) is 8.39. The predicted molar refractivity (Wildman–Crippen MR) is 93.0 cm³/mol. The number of aromatic nitrogens is 1. The number of carbonyl (C=O) groups excluding carboxylic acids is 1. The van der Waals surface area contributed by atoms with Crippen molar-refractivity contribution in [1.29, 1.82) is 0 Å². The van der Waals surface area contributed by atoms with Crippen molar-refractivity contribution >= 4 is 5.91 Å². The van der Waals surface area contributed by atoms with Gasteiger partial charge in [0.15, 0.2) is 0 Å². The quantitative estimate of drug-likeness (QED) is 0.847. The summed E-state index contributed by atoms with van der Waals surface area (Å²) in [4.78, 5) is 20.9. The Hall–Kier alpha value is -2.40. The molecule has 5 heteroatoms. The van der Waals surface area contributed by atoms with Gasteiger partial charge in [0.1, 0.15) is 5.75 Å². The molecule has 1 fully saturated rings. The Morgan fingerprint density at radius 2 is 1.71 bits per heavy atom. The maximum Gasteiger partial charge on any atom is 0.253 e. The van der Waals surface area contributed by atoms with Crippen LogP contribution < -0.4 is 4.74 Å². The van der Waals surface area contributed by atoms with Gasteiger partial charge in [-0.3, -0.25) is 14.7 Å². The molecular formula is C19H23N3O2. The van der Waals surface area contributed by atoms with Crippen molar-refractivity contribution < 1.29 is 9.53 Å². The molecule has 1 aromatic heterocycles. The van der Waals surface area contributed by atoms with Crippen LogP contribution in [-0.2, 0) is 6.54 Å². The summed E-state index contributed by atoms with van der Waals surface area (Å²) >= 11 is 0. The van der Waals surface area contributed by atoms with E-state index >= 15 is 0 Å². The van der Waals surface area contributed by atoms with Gasteiger partial charge in [-0.1, -0.05) is 0 Å². The van der Waals surface area contributed by atoms with E-state index in [1.807, 2.05) is 60.6 Å². The summed E-state index contributed by atoms with van der Waals surface area (Å²) < 4.78 is 5.42. The van der Waals surface area contributed by atoms with E-state index in [2.05, 4.69) is 9.88 Å². The number of hydrogen-bond acceptors (Lipinski definition) is 4. The Bertz CT molecular complexity index is 650. The van der Waals surface area contributed by atoms with E-state index < -0.39 is 0 Å². The predicted octanol–water partition coefficient (Wildman–Crippen LogP) is 2.44. The van der Waals surface area contributed by atoms with Crippen LogP contribution in [0.1, 0.15) is 22.8 Å². The molecule has 1 aliphatic rings. The number of rotatable bonds is 5. The van der Waals surface area contributed by atoms with Crippen LogP contribution in [0.4, 0.5) is 0 Å². The lowest BCUT2D eigenvalue weighted by atomic mass is 10.1. The summed E-state index contributed by atoms with van der Waals surface area (Å²) in [7, 11) is 0. The van der Waals surface area contributed by atoms with Crippen LogP contribution in [0.15, 0.2) is 48.8 Å². The van der Waals surface area contributed by atoms with Crippen LogP contribution in [-0.4, -0.2) is 53.5 Å². The summed E-state index contributed by atoms with van der Waals surface area (Å²) in [5, 5.41) is 0. The molecule has 1 aromatic carbocycles. The van der Waals surface area contributed by atoms with Crippen LogP contribution in [0, 0.1) is 0 Å². The molecule has 0 atom stereocenters. The first-order chi connectivity index (χ1) is 11.8. The van der Waals surface area contributed by atoms with Crippen molar-refractivity contribution in [3.8, 4) is 5.75 Å². The highest BCUT2D eigenvalue weighted by molar-refractivity contribution is 5.94. The Morgan fingerprint density at radius 1 is 1.04 bits per heavy atom. The fourth-order valence-electron chi connectivity index (χ4n) is 2.90. The van der Waals surface area contributed by atoms with Crippen molar-refractivity contribution in [3.63, 3.8) is 0 Å². The normalized spacial score (nSPS) is 15.3. The zero-order valence-electron chi connectivity index (χ0n) is 14.0. The molecule has 2 aromatic rings. The minimum Gasteiger partial charge on any atom is -0.494 e. The SMILES string of the molecule is CCOc1ccc(C(=O)N2CCN(Cc3ccncc3)CC2)cc1. The van der Waals surface area contributed by atoms with Gasteiger partial charge in [-0.15, -0.1) is 0 Å². The number of piperazine rings is 1. The molecule has 1 saturated heterocycles. The highest BCUT2D eigenvalue weighted by Gasteiger charge is 2.22. The van der Waals surface area contributed by atoms with Gasteiger partial charge in [-0.05, 0) is 48.9 Å². The summed E-state index contributed by atoms with van der Waals surface area (Å²) in [6, 6.07) is 11.5. The third-order valence-electron chi connectivity index (χ3n) is 4.23. The van der Waals surface area contributed by atoms with Gasteiger partial charge in [0, 0.05) is 50.7 Å². The van der Waals surface area contributed by atoms with Crippen molar-refractivity contribution in [2.45, 2.75) is 13.5 Å². The molecule has 2 heterocycles. The van der Waals surface area contributed by atoms with Crippen LogP contribution in [0.3, 0.4) is 0 Å². The fourth-order valence-corrected chi connectivity index (χ4v) is 2.90. The lowest BCUT2D eigenvalue weighted by molar-refractivity contribution is 0.0628. The average Bonchev–Trinajstić information content (AvgIpc) is 2.64. The Kier molecular flexibility index (Phi) is 5.43. The molecule has 0 aliphatic carbocycles. The summed E-state index contributed by atoms with van der Waals surface area (Å²) in [6.45, 7) is 6.80. The van der Waals surface area contributed by atoms with Crippen LogP contribution in [0.5, 0.6) is 5.75 Å². The number of ether oxygens (including phenoxy) is 1. The van der Waals surface area contributed by atoms with Gasteiger partial charge in [-0.25, -0.2) is 0 Å². The standard InChI is InChI=1S/C19H23N3O2/c1-2-24-18-5-3-17(4-6-18)19(23)22-13-11-21(12-14-22)15-16-7-9-20-10-8-16/h3-10H,2,11-15H2,1H3. The Morgan fingerprint density at radius 3 is 2.33 bits per heavy atom. The first kappa shape index (κ1) is 16.5. The number of benzene rings is 1. The third kappa shape index (κ3) is 4.11. The molecule has 0 radical (unpaired) electrons. The molecule has 0 unspecified atom stereocenters. The van der Waals surface area contributed by atoms with E-state index in [0.717, 1.165) is 44.0 Å². The Labute approximate surface area is 142 Å². The van der Waals surface area contributed by atoms with Crippen LogP contribution in [0.2, 0.25) is 0 Å². The van der Waals surface area contributed by atoms with Gasteiger partial charge in [0.2, 0.25) is 0 Å². The summed E-state index contributed by atoms with van der Waals surface area (Å²) in [6.07, 6.45) is 3.64. The largest absolute Gasteiger partial charge is 0.494 e. The number of hydrogen-bond donors (Lipinski definition) is 0. The maximum absolute atomic E-state index is 12.6. The Balaban J connectivity index is 1.53. The topological polar surface area (TPSA) is 45.7 Å². The molecule has 0 saturated carbocycles.